The highest BCUT2D eigenvalue weighted by molar-refractivity contribution is 7.11. The number of benzene rings is 1. The highest BCUT2D eigenvalue weighted by Gasteiger charge is 2.13. The quantitative estimate of drug-likeness (QED) is 0.680. The van der Waals surface area contributed by atoms with Gasteiger partial charge in [-0.05, 0) is 42.5 Å². The summed E-state index contributed by atoms with van der Waals surface area (Å²) in [7, 11) is 1.57. The number of aryl methyl sites for hydroxylation is 1. The van der Waals surface area contributed by atoms with Crippen molar-refractivity contribution in [1.82, 2.24) is 5.10 Å². The third kappa shape index (κ3) is 3.24. The van der Waals surface area contributed by atoms with Gasteiger partial charge in [-0.15, -0.1) is 0 Å². The van der Waals surface area contributed by atoms with Crippen molar-refractivity contribution in [2.45, 2.75) is 13.5 Å². The first-order chi connectivity index (χ1) is 9.63. The van der Waals surface area contributed by atoms with E-state index in [1.165, 1.54) is 0 Å². The average Bonchev–Trinajstić information content (AvgIpc) is 2.78. The Labute approximate surface area is 122 Å². The predicted molar refractivity (Wildman–Crippen MR) is 80.8 cm³/mol. The molecule has 5 heteroatoms. The summed E-state index contributed by atoms with van der Waals surface area (Å²) >= 11 is 1.60. The Balaban J connectivity index is 2.27. The van der Waals surface area contributed by atoms with Gasteiger partial charge in [0.2, 0.25) is 0 Å². The van der Waals surface area contributed by atoms with E-state index in [2.05, 4.69) is 11.7 Å². The number of nitrogens with zero attached hydrogens (tertiary/aromatic N) is 2. The lowest BCUT2D eigenvalue weighted by molar-refractivity contribution is -0.741. The van der Waals surface area contributed by atoms with Crippen LogP contribution >= 0.6 is 11.3 Å². The van der Waals surface area contributed by atoms with Crippen LogP contribution < -0.4 is 9.42 Å². The zero-order valence-electron chi connectivity index (χ0n) is 11.5. The molecule has 1 aromatic carbocycles. The molecule has 0 saturated heterocycles. The molecule has 1 aromatic heterocycles. The van der Waals surface area contributed by atoms with Gasteiger partial charge in [-0.25, -0.2) is 0 Å². The first-order valence-corrected chi connectivity index (χ1v) is 6.99. The topological polar surface area (TPSA) is 46.2 Å². The molecule has 0 spiro atoms. The molecule has 0 aliphatic rings. The number of ether oxygens (including phenoxy) is 1. The second kappa shape index (κ2) is 6.34. The lowest BCUT2D eigenvalue weighted by atomic mass is 10.2. The fraction of sp³-hybridized carbons (Fsp3) is 0.200. The smallest absolute Gasteiger partial charge is 0.289 e. The second-order valence-corrected chi connectivity index (χ2v) is 5.40. The molecule has 2 aromatic rings. The molecule has 1 heterocycles. The first kappa shape index (κ1) is 14.3. The Hall–Kier alpha value is -2.14. The first-order valence-electron chi connectivity index (χ1n) is 6.17. The Morgan fingerprint density at radius 2 is 2.25 bits per heavy atom. The molecule has 104 valence electrons. The highest BCUT2D eigenvalue weighted by atomic mass is 32.1. The van der Waals surface area contributed by atoms with E-state index in [-0.39, 0.29) is 5.75 Å². The lowest BCUT2D eigenvalue weighted by Gasteiger charge is -2.02. The van der Waals surface area contributed by atoms with Gasteiger partial charge in [-0.2, -0.15) is 0 Å². The van der Waals surface area contributed by atoms with Gasteiger partial charge in [0.25, 0.3) is 5.01 Å². The SMILES string of the molecule is C=CC[n+]1nc(C)sc1/C=C/c1ccc(OC)cc1O. The van der Waals surface area contributed by atoms with E-state index in [9.17, 15) is 5.11 Å². The zero-order chi connectivity index (χ0) is 14.5. The predicted octanol–water partition coefficient (Wildman–Crippen LogP) is 2.81. The van der Waals surface area contributed by atoms with Crippen LogP contribution in [0.3, 0.4) is 0 Å². The van der Waals surface area contributed by atoms with Crippen molar-refractivity contribution in [2.24, 2.45) is 0 Å². The maximum Gasteiger partial charge on any atom is 0.289 e. The number of hydrogen-bond acceptors (Lipinski definition) is 4. The van der Waals surface area contributed by atoms with E-state index in [0.717, 1.165) is 15.6 Å². The number of allylic oxidation sites excluding steroid dienone is 1. The molecule has 0 saturated carbocycles. The largest absolute Gasteiger partial charge is 0.507 e. The van der Waals surface area contributed by atoms with Crippen molar-refractivity contribution in [3.8, 4) is 11.5 Å². The van der Waals surface area contributed by atoms with Crippen molar-refractivity contribution >= 4 is 23.5 Å². The number of methoxy groups -OCH3 is 1. The van der Waals surface area contributed by atoms with Crippen LogP contribution in [0.4, 0.5) is 0 Å². The molecule has 2 rings (SSSR count). The van der Waals surface area contributed by atoms with E-state index in [4.69, 9.17) is 4.74 Å². The van der Waals surface area contributed by atoms with Gasteiger partial charge in [0.1, 0.15) is 11.5 Å². The number of phenols is 1. The van der Waals surface area contributed by atoms with Crippen molar-refractivity contribution < 1.29 is 14.5 Å². The number of rotatable bonds is 5. The normalized spacial score (nSPS) is 10.9. The van der Waals surface area contributed by atoms with E-state index < -0.39 is 0 Å². The molecule has 0 atom stereocenters. The minimum atomic E-state index is 0.192. The number of phenolic OH excluding ortho intramolecular Hbond substituents is 1. The Morgan fingerprint density at radius 3 is 2.90 bits per heavy atom. The zero-order valence-corrected chi connectivity index (χ0v) is 12.4. The minimum absolute atomic E-state index is 0.192. The second-order valence-electron chi connectivity index (χ2n) is 4.19. The Morgan fingerprint density at radius 1 is 1.45 bits per heavy atom. The molecule has 0 amide bonds. The van der Waals surface area contributed by atoms with Gasteiger partial charge in [0, 0.05) is 22.8 Å². The lowest BCUT2D eigenvalue weighted by Crippen LogP contribution is -2.37. The summed E-state index contributed by atoms with van der Waals surface area (Å²) in [5.74, 6) is 0.826. The number of hydrogen-bond donors (Lipinski definition) is 1. The van der Waals surface area contributed by atoms with Gasteiger partial charge in [0.05, 0.1) is 7.11 Å². The molecule has 0 radical (unpaired) electrons. The van der Waals surface area contributed by atoms with Crippen molar-refractivity contribution in [2.75, 3.05) is 7.11 Å². The molecular formula is C15H17N2O2S+. The summed E-state index contributed by atoms with van der Waals surface area (Å²) in [5, 5.41) is 16.3. The summed E-state index contributed by atoms with van der Waals surface area (Å²) in [4.78, 5) is 0. The van der Waals surface area contributed by atoms with Gasteiger partial charge in [0.15, 0.2) is 11.6 Å². The highest BCUT2D eigenvalue weighted by Crippen LogP contribution is 2.25. The molecule has 0 unspecified atom stereocenters. The Kier molecular flexibility index (Phi) is 4.53. The van der Waals surface area contributed by atoms with Crippen LogP contribution in [0.15, 0.2) is 30.9 Å². The van der Waals surface area contributed by atoms with Crippen molar-refractivity contribution in [1.29, 1.82) is 0 Å². The van der Waals surface area contributed by atoms with Gasteiger partial charge >= 0.3 is 0 Å². The maximum absolute atomic E-state index is 9.91. The third-order valence-electron chi connectivity index (χ3n) is 2.71. The molecule has 20 heavy (non-hydrogen) atoms. The van der Waals surface area contributed by atoms with Crippen LogP contribution in [-0.2, 0) is 6.54 Å². The van der Waals surface area contributed by atoms with Crippen molar-refractivity contribution in [3.05, 3.63) is 46.4 Å². The summed E-state index contributed by atoms with van der Waals surface area (Å²) in [6, 6.07) is 5.22. The van der Waals surface area contributed by atoms with Crippen LogP contribution in [0.25, 0.3) is 12.2 Å². The number of aromatic nitrogens is 2. The molecule has 1 N–H and O–H groups in total. The monoisotopic (exact) mass is 289 g/mol. The molecule has 0 bridgehead atoms. The Bertz CT molecular complexity index is 647. The number of aromatic hydroxyl groups is 1. The summed E-state index contributed by atoms with van der Waals surface area (Å²) < 4.78 is 6.94. The standard InChI is InChI=1S/C15H16N2O2S/c1-4-9-17-15(20-11(2)16-17)8-6-12-5-7-13(19-3)10-14(12)18/h4-8,10H,1,9H2,2-3H3/p+1. The van der Waals surface area contributed by atoms with Crippen LogP contribution in [0.2, 0.25) is 0 Å². The van der Waals surface area contributed by atoms with Gasteiger partial charge < -0.3 is 9.84 Å². The molecule has 4 nitrogen and oxygen atoms in total. The van der Waals surface area contributed by atoms with Crippen LogP contribution in [-0.4, -0.2) is 17.3 Å². The van der Waals surface area contributed by atoms with Gasteiger partial charge in [-0.1, -0.05) is 11.3 Å². The van der Waals surface area contributed by atoms with E-state index in [1.54, 1.807) is 30.6 Å². The fourth-order valence-electron chi connectivity index (χ4n) is 1.77. The van der Waals surface area contributed by atoms with Crippen LogP contribution in [0.5, 0.6) is 11.5 Å². The molecular weight excluding hydrogens is 272 g/mol. The molecule has 0 aliphatic heterocycles. The summed E-state index contributed by atoms with van der Waals surface area (Å²) in [6.07, 6.45) is 5.61. The fourth-order valence-corrected chi connectivity index (χ4v) is 2.57. The van der Waals surface area contributed by atoms with Crippen LogP contribution in [0, 0.1) is 6.92 Å². The van der Waals surface area contributed by atoms with E-state index in [1.807, 2.05) is 35.9 Å². The summed E-state index contributed by atoms with van der Waals surface area (Å²) in [6.45, 7) is 6.35. The van der Waals surface area contributed by atoms with E-state index in [0.29, 0.717) is 12.3 Å². The van der Waals surface area contributed by atoms with Crippen molar-refractivity contribution in [3.63, 3.8) is 0 Å². The van der Waals surface area contributed by atoms with Gasteiger partial charge in [-0.3, -0.25) is 0 Å². The molecule has 0 aliphatic carbocycles. The third-order valence-corrected chi connectivity index (χ3v) is 3.65. The molecule has 0 fully saturated rings. The van der Waals surface area contributed by atoms with Crippen LogP contribution in [0.1, 0.15) is 15.6 Å². The maximum atomic E-state index is 9.91. The average molecular weight is 289 g/mol. The minimum Gasteiger partial charge on any atom is -0.507 e. The van der Waals surface area contributed by atoms with E-state index >= 15 is 0 Å². The summed E-state index contributed by atoms with van der Waals surface area (Å²) in [5.41, 5.74) is 0.738.